The van der Waals surface area contributed by atoms with Crippen LogP contribution in [0.25, 0.3) is 0 Å². The number of urea groups is 1. The summed E-state index contributed by atoms with van der Waals surface area (Å²) in [5, 5.41) is 14.7. The molecule has 0 radical (unpaired) electrons. The van der Waals surface area contributed by atoms with Crippen LogP contribution in [0.15, 0.2) is 18.2 Å². The number of carbonyl (C=O) groups is 2. The molecule has 5 nitrogen and oxygen atoms in total. The second-order valence-electron chi connectivity index (χ2n) is 5.16. The Morgan fingerprint density at radius 2 is 2.10 bits per heavy atom. The van der Waals surface area contributed by atoms with E-state index < -0.39 is 12.0 Å². The van der Waals surface area contributed by atoms with Gasteiger partial charge in [-0.3, -0.25) is 0 Å². The highest BCUT2D eigenvalue weighted by Gasteiger charge is 2.40. The van der Waals surface area contributed by atoms with E-state index in [2.05, 4.69) is 17.6 Å². The summed E-state index contributed by atoms with van der Waals surface area (Å²) < 4.78 is 0. The topological polar surface area (TPSA) is 78.4 Å². The van der Waals surface area contributed by atoms with E-state index >= 15 is 0 Å². The number of hydrogen-bond donors (Lipinski definition) is 3. The zero-order valence-electron chi connectivity index (χ0n) is 11.2. The Bertz CT molecular complexity index is 541. The number of benzene rings is 1. The third-order valence-corrected chi connectivity index (χ3v) is 4.03. The van der Waals surface area contributed by atoms with Gasteiger partial charge in [-0.2, -0.15) is 0 Å². The maximum atomic E-state index is 11.8. The molecule has 2 amide bonds. The normalized spacial score (nSPS) is 15.5. The lowest BCUT2D eigenvalue weighted by molar-refractivity contribution is 0.0698. The van der Waals surface area contributed by atoms with Crippen LogP contribution in [0, 0.1) is 5.41 Å². The van der Waals surface area contributed by atoms with Crippen molar-refractivity contribution in [2.45, 2.75) is 26.2 Å². The fourth-order valence-electron chi connectivity index (χ4n) is 2.07. The molecule has 6 heteroatoms. The van der Waals surface area contributed by atoms with E-state index in [4.69, 9.17) is 16.7 Å². The molecule has 0 unspecified atom stereocenters. The molecule has 1 aromatic rings. The average Bonchev–Trinajstić information content (AvgIpc) is 3.19. The molecule has 20 heavy (non-hydrogen) atoms. The van der Waals surface area contributed by atoms with Crippen molar-refractivity contribution in [1.82, 2.24) is 5.32 Å². The first kappa shape index (κ1) is 14.7. The summed E-state index contributed by atoms with van der Waals surface area (Å²) in [5.74, 6) is -1.13. The number of amides is 2. The number of carbonyl (C=O) groups excluding carboxylic acids is 1. The van der Waals surface area contributed by atoms with Crippen LogP contribution in [-0.4, -0.2) is 23.7 Å². The van der Waals surface area contributed by atoms with Crippen LogP contribution < -0.4 is 10.6 Å². The molecular formula is C14H17ClN2O3. The van der Waals surface area contributed by atoms with E-state index in [1.54, 1.807) is 0 Å². The van der Waals surface area contributed by atoms with Gasteiger partial charge in [0.05, 0.1) is 11.3 Å². The number of halogens is 1. The molecule has 0 heterocycles. The molecule has 1 aliphatic rings. The van der Waals surface area contributed by atoms with Crippen molar-refractivity contribution in [3.8, 4) is 0 Å². The SMILES string of the molecule is CCC1(CNC(=O)Nc2ccc(Cl)cc2C(=O)O)CC1. The van der Waals surface area contributed by atoms with E-state index in [1.807, 2.05) is 0 Å². The molecule has 1 aliphatic carbocycles. The Hall–Kier alpha value is -1.75. The zero-order valence-corrected chi connectivity index (χ0v) is 12.0. The Balaban J connectivity index is 1.99. The van der Waals surface area contributed by atoms with Crippen molar-refractivity contribution in [2.24, 2.45) is 5.41 Å². The summed E-state index contributed by atoms with van der Waals surface area (Å²) in [5.41, 5.74) is 0.456. The molecular weight excluding hydrogens is 280 g/mol. The van der Waals surface area contributed by atoms with Gasteiger partial charge in [-0.15, -0.1) is 0 Å². The van der Waals surface area contributed by atoms with E-state index in [9.17, 15) is 9.59 Å². The van der Waals surface area contributed by atoms with Crippen molar-refractivity contribution < 1.29 is 14.7 Å². The fourth-order valence-corrected chi connectivity index (χ4v) is 2.24. The second-order valence-corrected chi connectivity index (χ2v) is 5.59. The highest BCUT2D eigenvalue weighted by Crippen LogP contribution is 2.47. The van der Waals surface area contributed by atoms with Crippen LogP contribution in [0.5, 0.6) is 0 Å². The minimum atomic E-state index is -1.13. The number of carboxylic acid groups (broad SMARTS) is 1. The maximum Gasteiger partial charge on any atom is 0.337 e. The Morgan fingerprint density at radius 1 is 1.40 bits per heavy atom. The highest BCUT2D eigenvalue weighted by molar-refractivity contribution is 6.31. The third-order valence-electron chi connectivity index (χ3n) is 3.79. The summed E-state index contributed by atoms with van der Waals surface area (Å²) in [4.78, 5) is 22.9. The number of aromatic carboxylic acids is 1. The lowest BCUT2D eigenvalue weighted by Crippen LogP contribution is -2.34. The highest BCUT2D eigenvalue weighted by atomic mass is 35.5. The molecule has 0 bridgehead atoms. The third kappa shape index (κ3) is 3.42. The van der Waals surface area contributed by atoms with E-state index in [0.29, 0.717) is 11.6 Å². The molecule has 0 spiro atoms. The number of nitrogens with one attached hydrogen (secondary N) is 2. The van der Waals surface area contributed by atoms with Crippen LogP contribution in [0.2, 0.25) is 5.02 Å². The van der Waals surface area contributed by atoms with Gasteiger partial charge >= 0.3 is 12.0 Å². The monoisotopic (exact) mass is 296 g/mol. The first-order valence-corrected chi connectivity index (χ1v) is 6.91. The van der Waals surface area contributed by atoms with Crippen molar-refractivity contribution in [2.75, 3.05) is 11.9 Å². The molecule has 0 aliphatic heterocycles. The first-order valence-electron chi connectivity index (χ1n) is 6.53. The minimum Gasteiger partial charge on any atom is -0.478 e. The van der Waals surface area contributed by atoms with Crippen LogP contribution in [0.1, 0.15) is 36.5 Å². The van der Waals surface area contributed by atoms with E-state index in [1.165, 1.54) is 18.2 Å². The number of rotatable bonds is 5. The summed E-state index contributed by atoms with van der Waals surface area (Å²) in [6.45, 7) is 2.72. The van der Waals surface area contributed by atoms with Gasteiger partial charge < -0.3 is 15.7 Å². The van der Waals surface area contributed by atoms with Gasteiger partial charge in [0.2, 0.25) is 0 Å². The fraction of sp³-hybridized carbons (Fsp3) is 0.429. The van der Waals surface area contributed by atoms with Crippen molar-refractivity contribution in [3.63, 3.8) is 0 Å². The molecule has 1 fully saturated rings. The van der Waals surface area contributed by atoms with Crippen molar-refractivity contribution in [1.29, 1.82) is 0 Å². The van der Waals surface area contributed by atoms with Gasteiger partial charge in [0.25, 0.3) is 0 Å². The van der Waals surface area contributed by atoms with Gasteiger partial charge in [0, 0.05) is 11.6 Å². The minimum absolute atomic E-state index is 0.0238. The lowest BCUT2D eigenvalue weighted by atomic mass is 10.0. The molecule has 0 aromatic heterocycles. The second kappa shape index (κ2) is 5.71. The predicted octanol–water partition coefficient (Wildman–Crippen LogP) is 3.35. The molecule has 0 saturated heterocycles. The van der Waals surface area contributed by atoms with E-state index in [0.717, 1.165) is 19.3 Å². The van der Waals surface area contributed by atoms with Gasteiger partial charge in [-0.1, -0.05) is 18.5 Å². The number of carboxylic acids is 1. The molecule has 2 rings (SSSR count). The van der Waals surface area contributed by atoms with Gasteiger partial charge in [0.15, 0.2) is 0 Å². The van der Waals surface area contributed by atoms with Gasteiger partial charge in [-0.05, 0) is 42.9 Å². The molecule has 1 aromatic carbocycles. The molecule has 1 saturated carbocycles. The average molecular weight is 297 g/mol. The Kier molecular flexibility index (Phi) is 4.18. The van der Waals surface area contributed by atoms with Gasteiger partial charge in [0.1, 0.15) is 0 Å². The van der Waals surface area contributed by atoms with Crippen molar-refractivity contribution in [3.05, 3.63) is 28.8 Å². The molecule has 0 atom stereocenters. The lowest BCUT2D eigenvalue weighted by Gasteiger charge is -2.15. The standard InChI is InChI=1S/C14H17ClN2O3/c1-2-14(5-6-14)8-16-13(20)17-11-4-3-9(15)7-10(11)12(18)19/h3-4,7H,2,5-6,8H2,1H3,(H,18,19)(H2,16,17,20). The summed E-state index contributed by atoms with van der Waals surface area (Å²) in [6.07, 6.45) is 3.30. The summed E-state index contributed by atoms with van der Waals surface area (Å²) >= 11 is 5.75. The largest absolute Gasteiger partial charge is 0.478 e. The first-order chi connectivity index (χ1) is 9.46. The number of anilines is 1. The Labute approximate surface area is 122 Å². The van der Waals surface area contributed by atoms with E-state index in [-0.39, 0.29) is 16.7 Å². The van der Waals surface area contributed by atoms with Gasteiger partial charge in [-0.25, -0.2) is 9.59 Å². The van der Waals surface area contributed by atoms with Crippen molar-refractivity contribution >= 4 is 29.3 Å². The van der Waals surface area contributed by atoms with Crippen LogP contribution in [-0.2, 0) is 0 Å². The summed E-state index contributed by atoms with van der Waals surface area (Å²) in [6, 6.07) is 3.94. The van der Waals surface area contributed by atoms with Crippen LogP contribution in [0.3, 0.4) is 0 Å². The summed E-state index contributed by atoms with van der Waals surface area (Å²) in [7, 11) is 0. The molecule has 108 valence electrons. The van der Waals surface area contributed by atoms with Crippen LogP contribution >= 0.6 is 11.6 Å². The van der Waals surface area contributed by atoms with Crippen LogP contribution in [0.4, 0.5) is 10.5 Å². The smallest absolute Gasteiger partial charge is 0.337 e. The number of hydrogen-bond acceptors (Lipinski definition) is 2. The maximum absolute atomic E-state index is 11.8. The Morgan fingerprint density at radius 3 is 2.65 bits per heavy atom. The molecule has 3 N–H and O–H groups in total. The quantitative estimate of drug-likeness (QED) is 0.779. The predicted molar refractivity (Wildman–Crippen MR) is 77.4 cm³/mol. The zero-order chi connectivity index (χ0) is 14.8.